The molecular formula is C14H13Br2NO2. The van der Waals surface area contributed by atoms with Crippen LogP contribution in [-0.2, 0) is 0 Å². The summed E-state index contributed by atoms with van der Waals surface area (Å²) in [7, 11) is 0. The zero-order chi connectivity index (χ0) is 13.8. The first kappa shape index (κ1) is 14.5. The smallest absolute Gasteiger partial charge is 0.122 e. The summed E-state index contributed by atoms with van der Waals surface area (Å²) in [6.07, 6.45) is 0.873. The van der Waals surface area contributed by atoms with Crippen LogP contribution in [0.1, 0.15) is 24.3 Å². The number of hydrogen-bond donors (Lipinski definition) is 1. The van der Waals surface area contributed by atoms with Gasteiger partial charge in [-0.1, -0.05) is 12.1 Å². The standard InChI is InChI=1S/C14H13Br2NO2/c1-2-19-11-5-3-4-9(6-11)14(18)13-12(16)7-10(15)8-17-13/h3-8,14,18H,2H2,1H3. The van der Waals surface area contributed by atoms with Gasteiger partial charge in [-0.3, -0.25) is 4.98 Å². The van der Waals surface area contributed by atoms with E-state index in [1.807, 2.05) is 37.3 Å². The lowest BCUT2D eigenvalue weighted by Crippen LogP contribution is -2.04. The lowest BCUT2D eigenvalue weighted by Gasteiger charge is -2.13. The van der Waals surface area contributed by atoms with Crippen LogP contribution in [0.3, 0.4) is 0 Å². The third-order valence-electron chi connectivity index (χ3n) is 2.58. The molecule has 0 saturated heterocycles. The van der Waals surface area contributed by atoms with Gasteiger partial charge >= 0.3 is 0 Å². The second-order valence-electron chi connectivity index (χ2n) is 3.93. The zero-order valence-corrected chi connectivity index (χ0v) is 13.5. The quantitative estimate of drug-likeness (QED) is 0.860. The van der Waals surface area contributed by atoms with Crippen LogP contribution in [0.5, 0.6) is 5.75 Å². The van der Waals surface area contributed by atoms with Gasteiger partial charge in [-0.15, -0.1) is 0 Å². The van der Waals surface area contributed by atoms with E-state index >= 15 is 0 Å². The van der Waals surface area contributed by atoms with E-state index in [1.165, 1.54) is 0 Å². The van der Waals surface area contributed by atoms with Crippen molar-refractivity contribution in [3.8, 4) is 5.75 Å². The van der Waals surface area contributed by atoms with Crippen LogP contribution in [0.25, 0.3) is 0 Å². The molecule has 0 saturated carbocycles. The van der Waals surface area contributed by atoms with Crippen LogP contribution in [0, 0.1) is 0 Å². The van der Waals surface area contributed by atoms with Crippen LogP contribution in [0.4, 0.5) is 0 Å². The van der Waals surface area contributed by atoms with Gasteiger partial charge in [0.2, 0.25) is 0 Å². The number of aromatic nitrogens is 1. The average Bonchev–Trinajstić information content (AvgIpc) is 2.39. The first-order valence-corrected chi connectivity index (χ1v) is 7.42. The van der Waals surface area contributed by atoms with Crippen molar-refractivity contribution in [1.82, 2.24) is 4.98 Å². The van der Waals surface area contributed by atoms with Crippen molar-refractivity contribution in [2.24, 2.45) is 0 Å². The molecule has 1 aromatic carbocycles. The number of nitrogens with zero attached hydrogens (tertiary/aromatic N) is 1. The first-order chi connectivity index (χ1) is 9.11. The van der Waals surface area contributed by atoms with Gasteiger partial charge < -0.3 is 9.84 Å². The van der Waals surface area contributed by atoms with Crippen LogP contribution in [0.2, 0.25) is 0 Å². The molecule has 1 N–H and O–H groups in total. The molecule has 1 heterocycles. The maximum atomic E-state index is 10.4. The molecule has 0 aliphatic rings. The van der Waals surface area contributed by atoms with Gasteiger partial charge in [-0.05, 0) is 62.5 Å². The third-order valence-corrected chi connectivity index (χ3v) is 3.65. The Kier molecular flexibility index (Phi) is 4.96. The summed E-state index contributed by atoms with van der Waals surface area (Å²) < 4.78 is 7.05. The van der Waals surface area contributed by atoms with Gasteiger partial charge in [0.05, 0.1) is 12.3 Å². The molecule has 0 amide bonds. The normalized spacial score (nSPS) is 12.2. The second kappa shape index (κ2) is 6.50. The summed E-state index contributed by atoms with van der Waals surface area (Å²) in [5.41, 5.74) is 1.33. The number of rotatable bonds is 4. The monoisotopic (exact) mass is 385 g/mol. The molecule has 0 fully saturated rings. The topological polar surface area (TPSA) is 42.4 Å². The minimum absolute atomic E-state index is 0.580. The highest BCUT2D eigenvalue weighted by Crippen LogP contribution is 2.30. The lowest BCUT2D eigenvalue weighted by molar-refractivity contribution is 0.213. The van der Waals surface area contributed by atoms with E-state index in [0.717, 1.165) is 20.3 Å². The van der Waals surface area contributed by atoms with Crippen LogP contribution in [-0.4, -0.2) is 16.7 Å². The summed E-state index contributed by atoms with van der Waals surface area (Å²) in [5.74, 6) is 0.743. The lowest BCUT2D eigenvalue weighted by atomic mass is 10.1. The number of pyridine rings is 1. The number of hydrogen-bond acceptors (Lipinski definition) is 3. The number of halogens is 2. The van der Waals surface area contributed by atoms with Crippen molar-refractivity contribution >= 4 is 31.9 Å². The van der Waals surface area contributed by atoms with Gasteiger partial charge in [0, 0.05) is 15.1 Å². The Morgan fingerprint density at radius 3 is 2.79 bits per heavy atom. The summed E-state index contributed by atoms with van der Waals surface area (Å²) in [4.78, 5) is 4.25. The fourth-order valence-corrected chi connectivity index (χ4v) is 2.93. The molecule has 0 bridgehead atoms. The van der Waals surface area contributed by atoms with E-state index in [9.17, 15) is 5.11 Å². The molecule has 100 valence electrons. The van der Waals surface area contributed by atoms with Crippen molar-refractivity contribution in [2.45, 2.75) is 13.0 Å². The second-order valence-corrected chi connectivity index (χ2v) is 5.70. The van der Waals surface area contributed by atoms with Gasteiger partial charge in [0.15, 0.2) is 0 Å². The maximum Gasteiger partial charge on any atom is 0.122 e. The SMILES string of the molecule is CCOc1cccc(C(O)c2ncc(Br)cc2Br)c1. The largest absolute Gasteiger partial charge is 0.494 e. The van der Waals surface area contributed by atoms with E-state index in [4.69, 9.17) is 4.74 Å². The Morgan fingerprint density at radius 2 is 2.11 bits per heavy atom. The van der Waals surface area contributed by atoms with Crippen molar-refractivity contribution < 1.29 is 9.84 Å². The van der Waals surface area contributed by atoms with Crippen molar-refractivity contribution in [2.75, 3.05) is 6.61 Å². The van der Waals surface area contributed by atoms with Crippen LogP contribution >= 0.6 is 31.9 Å². The fourth-order valence-electron chi connectivity index (χ4n) is 1.73. The molecule has 0 radical (unpaired) electrons. The minimum Gasteiger partial charge on any atom is -0.494 e. The molecule has 5 heteroatoms. The highest BCUT2D eigenvalue weighted by atomic mass is 79.9. The zero-order valence-electron chi connectivity index (χ0n) is 10.3. The molecule has 2 aromatic rings. The van der Waals surface area contributed by atoms with Crippen LogP contribution in [0.15, 0.2) is 45.5 Å². The highest BCUT2D eigenvalue weighted by molar-refractivity contribution is 9.11. The molecule has 19 heavy (non-hydrogen) atoms. The van der Waals surface area contributed by atoms with Gasteiger partial charge in [-0.25, -0.2) is 0 Å². The van der Waals surface area contributed by atoms with E-state index in [-0.39, 0.29) is 0 Å². The molecule has 0 aliphatic carbocycles. The van der Waals surface area contributed by atoms with Gasteiger partial charge in [0.25, 0.3) is 0 Å². The number of aliphatic hydroxyl groups excluding tert-OH is 1. The van der Waals surface area contributed by atoms with E-state index in [0.29, 0.717) is 12.3 Å². The Labute approximate surface area is 128 Å². The molecular weight excluding hydrogens is 374 g/mol. The van der Waals surface area contributed by atoms with Gasteiger partial charge in [-0.2, -0.15) is 0 Å². The average molecular weight is 387 g/mol. The number of ether oxygens (including phenoxy) is 1. The molecule has 0 spiro atoms. The molecule has 0 aliphatic heterocycles. The Bertz CT molecular complexity index is 575. The van der Waals surface area contributed by atoms with E-state index < -0.39 is 6.10 Å². The molecule has 2 rings (SSSR count). The predicted molar refractivity (Wildman–Crippen MR) is 81.3 cm³/mol. The van der Waals surface area contributed by atoms with E-state index in [1.54, 1.807) is 6.20 Å². The third kappa shape index (κ3) is 3.55. The summed E-state index contributed by atoms with van der Waals surface area (Å²) in [6, 6.07) is 9.26. The van der Waals surface area contributed by atoms with E-state index in [2.05, 4.69) is 36.8 Å². The summed E-state index contributed by atoms with van der Waals surface area (Å²) in [5, 5.41) is 10.4. The summed E-state index contributed by atoms with van der Waals surface area (Å²) in [6.45, 7) is 2.52. The van der Waals surface area contributed by atoms with Gasteiger partial charge in [0.1, 0.15) is 11.9 Å². The summed E-state index contributed by atoms with van der Waals surface area (Å²) >= 11 is 6.75. The van der Waals surface area contributed by atoms with Crippen molar-refractivity contribution in [3.05, 3.63) is 56.7 Å². The Morgan fingerprint density at radius 1 is 1.32 bits per heavy atom. The number of aliphatic hydroxyl groups is 1. The Hall–Kier alpha value is -0.910. The number of benzene rings is 1. The maximum absolute atomic E-state index is 10.4. The van der Waals surface area contributed by atoms with Crippen LogP contribution < -0.4 is 4.74 Å². The molecule has 3 nitrogen and oxygen atoms in total. The molecule has 1 unspecified atom stereocenters. The fraction of sp³-hybridized carbons (Fsp3) is 0.214. The highest BCUT2D eigenvalue weighted by Gasteiger charge is 2.16. The molecule has 1 aromatic heterocycles. The molecule has 1 atom stereocenters. The van der Waals surface area contributed by atoms with Crippen molar-refractivity contribution in [3.63, 3.8) is 0 Å². The Balaban J connectivity index is 2.32. The minimum atomic E-state index is -0.789. The predicted octanol–water partition coefficient (Wildman–Crippen LogP) is 4.09. The van der Waals surface area contributed by atoms with Crippen molar-refractivity contribution in [1.29, 1.82) is 0 Å². The first-order valence-electron chi connectivity index (χ1n) is 5.83.